The molecule has 0 saturated carbocycles. The Bertz CT molecular complexity index is 3130. The smallest absolute Gasteiger partial charge is 0.238 e. The van der Waals surface area contributed by atoms with Crippen molar-refractivity contribution in [2.45, 2.75) is 0 Å². The number of nitrogens with zero attached hydrogens (tertiary/aromatic N) is 4. The maximum absolute atomic E-state index is 5.28. The number of hydrogen-bond donors (Lipinski definition) is 0. The highest BCUT2D eigenvalue weighted by molar-refractivity contribution is 6.39. The Morgan fingerprint density at radius 1 is 0.302 bits per heavy atom. The molecule has 0 aliphatic rings. The maximum Gasteiger partial charge on any atom is 0.238 e. The standard InChI is InChI=1S/C49H30N4/c1-4-13-31(14-5-1)33-23-25-35(26-24-33)48-50-47(34-17-8-3-9-18-34)51-49(52-48)53-42-22-12-21-40-38-19-10-11-20-39(38)44-41-29-36(32-15-6-2-7-16-32)27-28-37(41)30-43(53)46(44)45(40)42/h1-30H. The normalized spacial score (nSPS) is 11.8. The molecule has 0 saturated heterocycles. The lowest BCUT2D eigenvalue weighted by Gasteiger charge is -2.13. The van der Waals surface area contributed by atoms with Gasteiger partial charge in [-0.05, 0) is 67.4 Å². The number of fused-ring (bicyclic) bond motifs is 5. The molecular formula is C49H30N4. The second-order valence-corrected chi connectivity index (χ2v) is 13.6. The molecule has 9 aromatic carbocycles. The van der Waals surface area contributed by atoms with Crippen LogP contribution in [-0.4, -0.2) is 19.5 Å². The van der Waals surface area contributed by atoms with E-state index in [9.17, 15) is 0 Å². The van der Waals surface area contributed by atoms with Crippen molar-refractivity contribution in [2.75, 3.05) is 0 Å². The number of rotatable bonds is 5. The average molecular weight is 675 g/mol. The van der Waals surface area contributed by atoms with E-state index in [1.165, 1.54) is 59.8 Å². The summed E-state index contributed by atoms with van der Waals surface area (Å²) in [7, 11) is 0. The van der Waals surface area contributed by atoms with Crippen LogP contribution in [0.1, 0.15) is 0 Å². The third-order valence-electron chi connectivity index (χ3n) is 10.6. The summed E-state index contributed by atoms with van der Waals surface area (Å²) in [5, 5.41) is 9.81. The first kappa shape index (κ1) is 29.5. The SMILES string of the molecule is c1ccc(-c2ccc(-c3nc(-c4ccccc4)nc(-n4c5cccc6c7ccccc7c7c8cc(-c9ccccc9)ccc8cc4c7c65)n3)cc2)cc1. The highest BCUT2D eigenvalue weighted by Crippen LogP contribution is 2.47. The van der Waals surface area contributed by atoms with E-state index in [1.807, 2.05) is 24.3 Å². The molecule has 0 aliphatic carbocycles. The molecule has 0 atom stereocenters. The van der Waals surface area contributed by atoms with Crippen molar-refractivity contribution in [1.82, 2.24) is 19.5 Å². The van der Waals surface area contributed by atoms with Crippen molar-refractivity contribution in [3.63, 3.8) is 0 Å². The molecule has 0 fully saturated rings. The zero-order valence-corrected chi connectivity index (χ0v) is 28.6. The van der Waals surface area contributed by atoms with E-state index in [0.29, 0.717) is 17.6 Å². The Morgan fingerprint density at radius 2 is 0.811 bits per heavy atom. The van der Waals surface area contributed by atoms with Gasteiger partial charge in [-0.25, -0.2) is 4.98 Å². The predicted octanol–water partition coefficient (Wildman–Crippen LogP) is 12.5. The van der Waals surface area contributed by atoms with E-state index in [2.05, 4.69) is 162 Å². The van der Waals surface area contributed by atoms with Crippen LogP contribution in [-0.2, 0) is 0 Å². The average Bonchev–Trinajstić information content (AvgIpc) is 3.57. The van der Waals surface area contributed by atoms with Gasteiger partial charge in [0.25, 0.3) is 0 Å². The summed E-state index contributed by atoms with van der Waals surface area (Å²) < 4.78 is 2.25. The summed E-state index contributed by atoms with van der Waals surface area (Å²) in [5.74, 6) is 1.86. The van der Waals surface area contributed by atoms with Crippen molar-refractivity contribution >= 4 is 54.1 Å². The largest absolute Gasteiger partial charge is 0.278 e. The minimum atomic E-state index is 0.593. The van der Waals surface area contributed by atoms with Crippen LogP contribution in [0.5, 0.6) is 0 Å². The van der Waals surface area contributed by atoms with Crippen LogP contribution in [0.4, 0.5) is 0 Å². The molecule has 0 bridgehead atoms. The van der Waals surface area contributed by atoms with Gasteiger partial charge in [0.15, 0.2) is 11.6 Å². The summed E-state index contributed by atoms with van der Waals surface area (Å²) >= 11 is 0. The van der Waals surface area contributed by atoms with Gasteiger partial charge in [-0.15, -0.1) is 0 Å². The summed E-state index contributed by atoms with van der Waals surface area (Å²) in [6, 6.07) is 64.4. The van der Waals surface area contributed by atoms with Crippen LogP contribution < -0.4 is 0 Å². The van der Waals surface area contributed by atoms with Gasteiger partial charge in [-0.2, -0.15) is 9.97 Å². The van der Waals surface area contributed by atoms with Crippen molar-refractivity contribution in [1.29, 1.82) is 0 Å². The summed E-state index contributed by atoms with van der Waals surface area (Å²) in [5.41, 5.74) is 8.75. The number of aromatic nitrogens is 4. The molecule has 2 aromatic heterocycles. The first-order chi connectivity index (χ1) is 26.3. The van der Waals surface area contributed by atoms with Gasteiger partial charge in [0.1, 0.15) is 0 Å². The van der Waals surface area contributed by atoms with Crippen molar-refractivity contribution in [3.8, 4) is 51.0 Å². The third kappa shape index (κ3) is 4.66. The Hall–Kier alpha value is -7.17. The van der Waals surface area contributed by atoms with E-state index >= 15 is 0 Å². The van der Waals surface area contributed by atoms with E-state index in [-0.39, 0.29) is 0 Å². The lowest BCUT2D eigenvalue weighted by Crippen LogP contribution is -2.06. The van der Waals surface area contributed by atoms with Gasteiger partial charge in [0.2, 0.25) is 5.95 Å². The molecule has 246 valence electrons. The first-order valence-corrected chi connectivity index (χ1v) is 18.0. The van der Waals surface area contributed by atoms with Gasteiger partial charge in [-0.1, -0.05) is 164 Å². The van der Waals surface area contributed by atoms with Crippen molar-refractivity contribution in [3.05, 3.63) is 182 Å². The van der Waals surface area contributed by atoms with E-state index in [1.54, 1.807) is 0 Å². The zero-order chi connectivity index (χ0) is 34.9. The van der Waals surface area contributed by atoms with Gasteiger partial charge in [0, 0.05) is 27.3 Å². The molecule has 0 unspecified atom stereocenters. The topological polar surface area (TPSA) is 43.6 Å². The highest BCUT2D eigenvalue weighted by Gasteiger charge is 2.24. The van der Waals surface area contributed by atoms with E-state index in [4.69, 9.17) is 15.0 Å². The molecule has 0 amide bonds. The second-order valence-electron chi connectivity index (χ2n) is 13.6. The van der Waals surface area contributed by atoms with Gasteiger partial charge < -0.3 is 0 Å². The fourth-order valence-electron chi connectivity index (χ4n) is 8.15. The van der Waals surface area contributed by atoms with Gasteiger partial charge in [-0.3, -0.25) is 4.57 Å². The number of hydrogen-bond acceptors (Lipinski definition) is 3. The van der Waals surface area contributed by atoms with E-state index < -0.39 is 0 Å². The van der Waals surface area contributed by atoms with Crippen molar-refractivity contribution in [2.24, 2.45) is 0 Å². The minimum absolute atomic E-state index is 0.593. The fraction of sp³-hybridized carbons (Fsp3) is 0. The molecule has 0 radical (unpaired) electrons. The summed E-state index contributed by atoms with van der Waals surface area (Å²) in [4.78, 5) is 15.6. The second kappa shape index (κ2) is 11.7. The lowest BCUT2D eigenvalue weighted by molar-refractivity contribution is 0.954. The molecular weight excluding hydrogens is 645 g/mol. The van der Waals surface area contributed by atoms with Crippen LogP contribution in [0.2, 0.25) is 0 Å². The molecule has 4 heteroatoms. The van der Waals surface area contributed by atoms with Crippen LogP contribution in [0.25, 0.3) is 105 Å². The molecule has 4 nitrogen and oxygen atoms in total. The van der Waals surface area contributed by atoms with Gasteiger partial charge in [0.05, 0.1) is 11.0 Å². The Balaban J connectivity index is 1.22. The quantitative estimate of drug-likeness (QED) is 0.171. The molecule has 0 N–H and O–H groups in total. The lowest BCUT2D eigenvalue weighted by atomic mass is 9.90. The molecule has 53 heavy (non-hydrogen) atoms. The summed E-state index contributed by atoms with van der Waals surface area (Å²) in [6.07, 6.45) is 0. The fourth-order valence-corrected chi connectivity index (χ4v) is 8.15. The first-order valence-electron chi connectivity index (χ1n) is 18.0. The third-order valence-corrected chi connectivity index (χ3v) is 10.6. The molecule has 11 aromatic rings. The molecule has 0 spiro atoms. The Kier molecular flexibility index (Phi) is 6.52. The number of benzene rings is 9. The monoisotopic (exact) mass is 674 g/mol. The molecule has 2 heterocycles. The Labute approximate surface area is 305 Å². The van der Waals surface area contributed by atoms with Crippen LogP contribution in [0.15, 0.2) is 182 Å². The van der Waals surface area contributed by atoms with Crippen LogP contribution in [0.3, 0.4) is 0 Å². The molecule has 0 aliphatic heterocycles. The summed E-state index contributed by atoms with van der Waals surface area (Å²) in [6.45, 7) is 0. The van der Waals surface area contributed by atoms with E-state index in [0.717, 1.165) is 27.7 Å². The zero-order valence-electron chi connectivity index (χ0n) is 28.6. The highest BCUT2D eigenvalue weighted by atomic mass is 15.2. The van der Waals surface area contributed by atoms with Gasteiger partial charge >= 0.3 is 0 Å². The maximum atomic E-state index is 5.28. The predicted molar refractivity (Wildman–Crippen MR) is 220 cm³/mol. The minimum Gasteiger partial charge on any atom is -0.278 e. The van der Waals surface area contributed by atoms with Crippen LogP contribution >= 0.6 is 0 Å². The Morgan fingerprint density at radius 3 is 1.51 bits per heavy atom. The molecule has 11 rings (SSSR count). The van der Waals surface area contributed by atoms with Crippen molar-refractivity contribution < 1.29 is 0 Å². The van der Waals surface area contributed by atoms with Crippen LogP contribution in [0, 0.1) is 0 Å².